The molecule has 0 saturated carbocycles. The van der Waals surface area contributed by atoms with Gasteiger partial charge in [-0.15, -0.1) is 0 Å². The first-order chi connectivity index (χ1) is 11.6. The number of nitrogens with zero attached hydrogens (tertiary/aromatic N) is 7. The summed E-state index contributed by atoms with van der Waals surface area (Å²) in [6.07, 6.45) is 6.76. The first-order valence-corrected chi connectivity index (χ1v) is 8.07. The van der Waals surface area contributed by atoms with Crippen molar-refractivity contribution in [1.29, 1.82) is 0 Å². The molecular weight excluding hydrogens is 306 g/mol. The summed E-state index contributed by atoms with van der Waals surface area (Å²) in [5, 5.41) is 4.92. The zero-order valence-corrected chi connectivity index (χ0v) is 13.8. The van der Waals surface area contributed by atoms with Crippen LogP contribution < -0.4 is 5.56 Å². The third-order valence-electron chi connectivity index (χ3n) is 4.29. The summed E-state index contributed by atoms with van der Waals surface area (Å²) in [4.78, 5) is 28.1. The third kappa shape index (κ3) is 2.48. The highest BCUT2D eigenvalue weighted by Crippen LogP contribution is 2.17. The quantitative estimate of drug-likeness (QED) is 0.714. The summed E-state index contributed by atoms with van der Waals surface area (Å²) < 4.78 is 3.57. The van der Waals surface area contributed by atoms with Gasteiger partial charge in [-0.3, -0.25) is 24.2 Å². The van der Waals surface area contributed by atoms with Crippen LogP contribution >= 0.6 is 0 Å². The van der Waals surface area contributed by atoms with E-state index in [1.807, 2.05) is 13.8 Å². The lowest BCUT2D eigenvalue weighted by Gasteiger charge is -2.28. The van der Waals surface area contributed by atoms with E-state index in [-0.39, 0.29) is 11.6 Å². The van der Waals surface area contributed by atoms with E-state index in [0.717, 1.165) is 18.1 Å². The molecule has 0 aromatic carbocycles. The molecule has 3 aromatic rings. The molecule has 4 heterocycles. The predicted molar refractivity (Wildman–Crippen MR) is 88.3 cm³/mol. The van der Waals surface area contributed by atoms with Crippen LogP contribution in [0.15, 0.2) is 29.6 Å². The number of hydrogen-bond acceptors (Lipinski definition) is 6. The highest BCUT2D eigenvalue weighted by atomic mass is 16.1. The third-order valence-corrected chi connectivity index (χ3v) is 4.29. The maximum absolute atomic E-state index is 12.7. The average Bonchev–Trinajstić information content (AvgIpc) is 3.00. The second kappa shape index (κ2) is 5.79. The van der Waals surface area contributed by atoms with Crippen molar-refractivity contribution >= 4 is 11.0 Å². The van der Waals surface area contributed by atoms with Gasteiger partial charge < -0.3 is 0 Å². The SMILES string of the molecule is CC(C)n1ncc2c(=O)n3c(nc21)CN(Cc1cnccn1)CC3. The summed E-state index contributed by atoms with van der Waals surface area (Å²) in [5.41, 5.74) is 1.59. The summed E-state index contributed by atoms with van der Waals surface area (Å²) in [6, 6.07) is 0.164. The fourth-order valence-corrected chi connectivity index (χ4v) is 3.09. The number of fused-ring (bicyclic) bond motifs is 2. The Morgan fingerprint density at radius 2 is 2.08 bits per heavy atom. The lowest BCUT2D eigenvalue weighted by atomic mass is 10.3. The summed E-state index contributed by atoms with van der Waals surface area (Å²) in [6.45, 7) is 6.80. The molecule has 0 N–H and O–H groups in total. The van der Waals surface area contributed by atoms with Crippen molar-refractivity contribution < 1.29 is 0 Å². The van der Waals surface area contributed by atoms with Gasteiger partial charge in [0.05, 0.1) is 18.4 Å². The standard InChI is InChI=1S/C16H19N7O/c1-11(2)23-15-13(8-19-23)16(24)22-6-5-21(10-14(22)20-15)9-12-7-17-3-4-18-12/h3-4,7-8,11H,5-6,9-10H2,1-2H3. The second-order valence-electron chi connectivity index (χ2n) is 6.31. The van der Waals surface area contributed by atoms with Gasteiger partial charge in [0.2, 0.25) is 0 Å². The van der Waals surface area contributed by atoms with Gasteiger partial charge in [-0.05, 0) is 13.8 Å². The van der Waals surface area contributed by atoms with Crippen molar-refractivity contribution in [2.45, 2.75) is 39.5 Å². The zero-order chi connectivity index (χ0) is 16.7. The molecule has 4 rings (SSSR count). The summed E-state index contributed by atoms with van der Waals surface area (Å²) in [5.74, 6) is 0.782. The molecule has 0 unspecified atom stereocenters. The van der Waals surface area contributed by atoms with Crippen LogP contribution in [0.3, 0.4) is 0 Å². The maximum atomic E-state index is 12.7. The van der Waals surface area contributed by atoms with E-state index < -0.39 is 0 Å². The molecule has 0 amide bonds. The van der Waals surface area contributed by atoms with Gasteiger partial charge in [0.25, 0.3) is 5.56 Å². The largest absolute Gasteiger partial charge is 0.294 e. The molecule has 3 aromatic heterocycles. The minimum atomic E-state index is 0.000975. The molecule has 0 radical (unpaired) electrons. The molecule has 0 spiro atoms. The Morgan fingerprint density at radius 1 is 1.21 bits per heavy atom. The molecule has 0 fully saturated rings. The monoisotopic (exact) mass is 325 g/mol. The highest BCUT2D eigenvalue weighted by molar-refractivity contribution is 5.73. The zero-order valence-electron chi connectivity index (χ0n) is 13.8. The molecule has 124 valence electrons. The number of hydrogen-bond donors (Lipinski definition) is 0. The van der Waals surface area contributed by atoms with Crippen LogP contribution in [-0.2, 0) is 19.6 Å². The van der Waals surface area contributed by atoms with Crippen LogP contribution in [0.5, 0.6) is 0 Å². The lowest BCUT2D eigenvalue weighted by molar-refractivity contribution is 0.202. The molecule has 8 heteroatoms. The molecule has 0 saturated heterocycles. The molecule has 0 aliphatic carbocycles. The Morgan fingerprint density at radius 3 is 2.83 bits per heavy atom. The van der Waals surface area contributed by atoms with Crippen molar-refractivity contribution in [1.82, 2.24) is 34.2 Å². The van der Waals surface area contributed by atoms with E-state index in [1.54, 1.807) is 34.0 Å². The molecule has 8 nitrogen and oxygen atoms in total. The van der Waals surface area contributed by atoms with Gasteiger partial charge in [0.1, 0.15) is 11.2 Å². The van der Waals surface area contributed by atoms with Crippen LogP contribution in [0.4, 0.5) is 0 Å². The van der Waals surface area contributed by atoms with Gasteiger partial charge in [0, 0.05) is 44.3 Å². The van der Waals surface area contributed by atoms with Gasteiger partial charge in [-0.2, -0.15) is 5.10 Å². The van der Waals surface area contributed by atoms with Crippen molar-refractivity contribution in [2.24, 2.45) is 0 Å². The van der Waals surface area contributed by atoms with Crippen LogP contribution in [0.25, 0.3) is 11.0 Å². The molecule has 1 aliphatic heterocycles. The number of aromatic nitrogens is 6. The Labute approximate surface area is 138 Å². The van der Waals surface area contributed by atoms with E-state index >= 15 is 0 Å². The molecular formula is C16H19N7O. The first-order valence-electron chi connectivity index (χ1n) is 8.07. The van der Waals surface area contributed by atoms with Crippen LogP contribution in [0, 0.1) is 0 Å². The molecule has 0 atom stereocenters. The summed E-state index contributed by atoms with van der Waals surface area (Å²) >= 11 is 0. The smallest absolute Gasteiger partial charge is 0.264 e. The first kappa shape index (κ1) is 14.9. The van der Waals surface area contributed by atoms with Crippen LogP contribution in [0.1, 0.15) is 31.4 Å². The number of rotatable bonds is 3. The maximum Gasteiger partial charge on any atom is 0.264 e. The topological polar surface area (TPSA) is 81.7 Å². The van der Waals surface area contributed by atoms with Crippen molar-refractivity contribution in [3.63, 3.8) is 0 Å². The molecule has 1 aliphatic rings. The van der Waals surface area contributed by atoms with Crippen LogP contribution in [0.2, 0.25) is 0 Å². The van der Waals surface area contributed by atoms with Crippen LogP contribution in [-0.4, -0.2) is 40.7 Å². The van der Waals surface area contributed by atoms with Gasteiger partial charge in [-0.25, -0.2) is 9.67 Å². The van der Waals surface area contributed by atoms with Crippen molar-refractivity contribution in [3.05, 3.63) is 46.7 Å². The molecule has 24 heavy (non-hydrogen) atoms. The highest BCUT2D eigenvalue weighted by Gasteiger charge is 2.22. The lowest BCUT2D eigenvalue weighted by Crippen LogP contribution is -2.39. The van der Waals surface area contributed by atoms with Gasteiger partial charge in [0.15, 0.2) is 5.65 Å². The fraction of sp³-hybridized carbons (Fsp3) is 0.438. The Hall–Kier alpha value is -2.61. The van der Waals surface area contributed by atoms with E-state index in [9.17, 15) is 4.79 Å². The molecule has 0 bridgehead atoms. The van der Waals surface area contributed by atoms with Gasteiger partial charge in [-0.1, -0.05) is 0 Å². The summed E-state index contributed by atoms with van der Waals surface area (Å²) in [7, 11) is 0. The fourth-order valence-electron chi connectivity index (χ4n) is 3.09. The van der Waals surface area contributed by atoms with Crippen molar-refractivity contribution in [3.8, 4) is 0 Å². The Kier molecular flexibility index (Phi) is 3.61. The van der Waals surface area contributed by atoms with Gasteiger partial charge >= 0.3 is 0 Å². The Balaban J connectivity index is 1.70. The van der Waals surface area contributed by atoms with E-state index in [4.69, 9.17) is 4.98 Å². The average molecular weight is 325 g/mol. The van der Waals surface area contributed by atoms with E-state index in [1.165, 1.54) is 0 Å². The predicted octanol–water partition coefficient (Wildman–Crippen LogP) is 0.980. The second-order valence-corrected chi connectivity index (χ2v) is 6.31. The normalized spacial score (nSPS) is 15.1. The Bertz CT molecular complexity index is 929. The van der Waals surface area contributed by atoms with Crippen molar-refractivity contribution in [2.75, 3.05) is 6.54 Å². The minimum absolute atomic E-state index is 0.000975. The minimum Gasteiger partial charge on any atom is -0.294 e. The van der Waals surface area contributed by atoms with E-state index in [0.29, 0.717) is 30.7 Å². The van der Waals surface area contributed by atoms with E-state index in [2.05, 4.69) is 20.0 Å².